The minimum absolute atomic E-state index is 0.142. The predicted octanol–water partition coefficient (Wildman–Crippen LogP) is 5.05. The van der Waals surface area contributed by atoms with Crippen molar-refractivity contribution >= 4 is 23.3 Å². The molecule has 2 aromatic rings. The molecule has 0 spiro atoms. The van der Waals surface area contributed by atoms with Gasteiger partial charge in [-0.25, -0.2) is 4.79 Å². The molecule has 2 aliphatic rings. The van der Waals surface area contributed by atoms with Gasteiger partial charge in [0.1, 0.15) is 0 Å². The number of urea groups is 1. The number of anilines is 1. The molecule has 2 fully saturated rings. The van der Waals surface area contributed by atoms with Crippen LogP contribution >= 0.6 is 11.6 Å². The summed E-state index contributed by atoms with van der Waals surface area (Å²) in [6.07, 6.45) is 5.77. The van der Waals surface area contributed by atoms with E-state index in [1.807, 2.05) is 12.1 Å². The van der Waals surface area contributed by atoms with E-state index in [4.69, 9.17) is 11.6 Å². The van der Waals surface area contributed by atoms with Crippen LogP contribution in [0.1, 0.15) is 37.7 Å². The molecule has 2 unspecified atom stereocenters. The minimum atomic E-state index is -0.142. The van der Waals surface area contributed by atoms with Crippen LogP contribution in [0.25, 0.3) is 0 Å². The van der Waals surface area contributed by atoms with E-state index >= 15 is 0 Å². The molecule has 0 saturated carbocycles. The Bertz CT molecular complexity index is 768. The summed E-state index contributed by atoms with van der Waals surface area (Å²) in [4.78, 5) is 15.1. The zero-order valence-corrected chi connectivity index (χ0v) is 16.2. The lowest BCUT2D eigenvalue weighted by atomic mass is 9.81. The second-order valence-electron chi connectivity index (χ2n) is 7.67. The Labute approximate surface area is 165 Å². The third kappa shape index (κ3) is 4.63. The summed E-state index contributed by atoms with van der Waals surface area (Å²) in [6.45, 7) is 1.01. The summed E-state index contributed by atoms with van der Waals surface area (Å²) >= 11 is 5.99. The molecule has 142 valence electrons. The first-order valence-corrected chi connectivity index (χ1v) is 10.2. The molecule has 5 heteroatoms. The summed E-state index contributed by atoms with van der Waals surface area (Å²) in [5.74, 6) is 0. The van der Waals surface area contributed by atoms with Crippen LogP contribution in [0.2, 0.25) is 5.02 Å². The van der Waals surface area contributed by atoms with Gasteiger partial charge in [0.2, 0.25) is 0 Å². The summed E-state index contributed by atoms with van der Waals surface area (Å²) < 4.78 is 0. The number of halogens is 1. The molecule has 2 amide bonds. The third-order valence-electron chi connectivity index (χ3n) is 5.75. The Morgan fingerprint density at radius 1 is 1.04 bits per heavy atom. The van der Waals surface area contributed by atoms with Crippen LogP contribution in [0.15, 0.2) is 54.6 Å². The van der Waals surface area contributed by atoms with Crippen LogP contribution < -0.4 is 10.6 Å². The van der Waals surface area contributed by atoms with E-state index in [2.05, 4.69) is 45.9 Å². The lowest BCUT2D eigenvalue weighted by molar-refractivity contribution is 0.0200. The van der Waals surface area contributed by atoms with Crippen molar-refractivity contribution < 1.29 is 4.79 Å². The van der Waals surface area contributed by atoms with Gasteiger partial charge in [0.25, 0.3) is 0 Å². The molecule has 0 aliphatic carbocycles. The lowest BCUT2D eigenvalue weighted by Gasteiger charge is -2.49. The highest BCUT2D eigenvalue weighted by molar-refractivity contribution is 6.30. The van der Waals surface area contributed by atoms with Crippen LogP contribution in [0.4, 0.5) is 10.5 Å². The van der Waals surface area contributed by atoms with Crippen molar-refractivity contribution in [3.05, 3.63) is 65.2 Å². The standard InChI is InChI=1S/C22H26ClN3O/c23-17-8-4-9-18(12-17)24-22(27)25-19-13-20-10-5-11-21(14-19)26(20)15-16-6-2-1-3-7-16/h1-4,6-9,12,19-21H,5,10-11,13-15H2,(H2,24,25,27). The number of amides is 2. The Balaban J connectivity index is 1.36. The summed E-state index contributed by atoms with van der Waals surface area (Å²) in [6, 6.07) is 19.1. The van der Waals surface area contributed by atoms with Crippen molar-refractivity contribution in [1.29, 1.82) is 0 Å². The van der Waals surface area contributed by atoms with E-state index in [9.17, 15) is 4.79 Å². The quantitative estimate of drug-likeness (QED) is 0.776. The summed E-state index contributed by atoms with van der Waals surface area (Å²) in [7, 11) is 0. The zero-order chi connectivity index (χ0) is 18.6. The minimum Gasteiger partial charge on any atom is -0.335 e. The molecule has 4 rings (SSSR count). The van der Waals surface area contributed by atoms with Gasteiger partial charge in [-0.05, 0) is 49.4 Å². The fourth-order valence-electron chi connectivity index (χ4n) is 4.57. The third-order valence-corrected chi connectivity index (χ3v) is 5.99. The molecule has 2 aromatic carbocycles. The van der Waals surface area contributed by atoms with Gasteiger partial charge in [-0.3, -0.25) is 4.90 Å². The topological polar surface area (TPSA) is 44.4 Å². The van der Waals surface area contributed by atoms with Gasteiger partial charge < -0.3 is 10.6 Å². The number of benzene rings is 2. The number of fused-ring (bicyclic) bond motifs is 2. The number of rotatable bonds is 4. The van der Waals surface area contributed by atoms with Gasteiger partial charge in [-0.15, -0.1) is 0 Å². The molecule has 4 nitrogen and oxygen atoms in total. The first kappa shape index (κ1) is 18.3. The maximum atomic E-state index is 12.4. The van der Waals surface area contributed by atoms with Gasteiger partial charge in [-0.1, -0.05) is 54.4 Å². The van der Waals surface area contributed by atoms with E-state index in [0.29, 0.717) is 17.1 Å². The molecule has 2 saturated heterocycles. The molecule has 2 N–H and O–H groups in total. The van der Waals surface area contributed by atoms with Gasteiger partial charge >= 0.3 is 6.03 Å². The second-order valence-corrected chi connectivity index (χ2v) is 8.11. The highest BCUT2D eigenvalue weighted by atomic mass is 35.5. The van der Waals surface area contributed by atoms with Crippen molar-refractivity contribution in [3.63, 3.8) is 0 Å². The highest BCUT2D eigenvalue weighted by Crippen LogP contribution is 2.35. The molecule has 2 aliphatic heterocycles. The summed E-state index contributed by atoms with van der Waals surface area (Å²) in [5, 5.41) is 6.70. The van der Waals surface area contributed by atoms with Crippen molar-refractivity contribution in [3.8, 4) is 0 Å². The smallest absolute Gasteiger partial charge is 0.319 e. The first-order valence-electron chi connectivity index (χ1n) is 9.80. The van der Waals surface area contributed by atoms with Crippen LogP contribution in [-0.4, -0.2) is 29.1 Å². The Hall–Kier alpha value is -2.04. The van der Waals surface area contributed by atoms with Crippen LogP contribution in [0.3, 0.4) is 0 Å². The van der Waals surface area contributed by atoms with Crippen molar-refractivity contribution in [1.82, 2.24) is 10.2 Å². The number of piperidine rings is 2. The van der Waals surface area contributed by atoms with Gasteiger partial charge in [-0.2, -0.15) is 0 Å². The monoisotopic (exact) mass is 383 g/mol. The maximum Gasteiger partial charge on any atom is 0.319 e. The average Bonchev–Trinajstić information content (AvgIpc) is 2.63. The van der Waals surface area contributed by atoms with Gasteiger partial charge in [0, 0.05) is 35.4 Å². The Morgan fingerprint density at radius 2 is 1.78 bits per heavy atom. The molecule has 0 radical (unpaired) electrons. The van der Waals surface area contributed by atoms with E-state index < -0.39 is 0 Å². The molecule has 2 atom stereocenters. The maximum absolute atomic E-state index is 12.4. The van der Waals surface area contributed by atoms with Crippen molar-refractivity contribution in [2.24, 2.45) is 0 Å². The number of carbonyl (C=O) groups excluding carboxylic acids is 1. The number of hydrogen-bond donors (Lipinski definition) is 2. The number of hydrogen-bond acceptors (Lipinski definition) is 2. The fourth-order valence-corrected chi connectivity index (χ4v) is 4.76. The molecule has 2 heterocycles. The summed E-state index contributed by atoms with van der Waals surface area (Å²) in [5.41, 5.74) is 2.10. The molecular weight excluding hydrogens is 358 g/mol. The second kappa shape index (κ2) is 8.32. The largest absolute Gasteiger partial charge is 0.335 e. The van der Waals surface area contributed by atoms with Crippen molar-refractivity contribution in [2.75, 3.05) is 5.32 Å². The highest BCUT2D eigenvalue weighted by Gasteiger charge is 2.38. The molecule has 0 aromatic heterocycles. The average molecular weight is 384 g/mol. The van der Waals surface area contributed by atoms with Crippen molar-refractivity contribution in [2.45, 2.75) is 56.8 Å². The lowest BCUT2D eigenvalue weighted by Crippen LogP contribution is -2.56. The van der Waals surface area contributed by atoms with E-state index in [-0.39, 0.29) is 12.1 Å². The van der Waals surface area contributed by atoms with Crippen LogP contribution in [-0.2, 0) is 6.54 Å². The van der Waals surface area contributed by atoms with Crippen LogP contribution in [0, 0.1) is 0 Å². The van der Waals surface area contributed by atoms with E-state index in [1.54, 1.807) is 12.1 Å². The number of carbonyl (C=O) groups is 1. The molecular formula is C22H26ClN3O. The normalized spacial score (nSPS) is 25.0. The van der Waals surface area contributed by atoms with E-state index in [1.165, 1.54) is 24.8 Å². The first-order chi connectivity index (χ1) is 13.2. The SMILES string of the molecule is O=C(Nc1cccc(Cl)c1)NC1CC2CCCC(C1)N2Cc1ccccc1. The number of nitrogens with zero attached hydrogens (tertiary/aromatic N) is 1. The van der Waals surface area contributed by atoms with E-state index in [0.717, 1.165) is 25.1 Å². The van der Waals surface area contributed by atoms with Gasteiger partial charge in [0.05, 0.1) is 0 Å². The molecule has 27 heavy (non-hydrogen) atoms. The molecule has 2 bridgehead atoms. The Kier molecular flexibility index (Phi) is 5.65. The fraction of sp³-hybridized carbons (Fsp3) is 0.409. The van der Waals surface area contributed by atoms with Gasteiger partial charge in [0.15, 0.2) is 0 Å². The van der Waals surface area contributed by atoms with Crippen LogP contribution in [0.5, 0.6) is 0 Å². The predicted molar refractivity (Wildman–Crippen MR) is 110 cm³/mol. The zero-order valence-electron chi connectivity index (χ0n) is 15.4. The number of nitrogens with one attached hydrogen (secondary N) is 2. The Morgan fingerprint density at radius 3 is 2.48 bits per heavy atom.